The lowest BCUT2D eigenvalue weighted by Gasteiger charge is -2.32. The number of carbonyl (C=O) groups is 6. The Hall–Kier alpha value is -7.59. The molecule has 0 bridgehead atoms. The number of amides is 4. The standard InChI is InChI=1S/C70H104N6O20Si2/c1-11-87-97(88-12-2,89-13-3)45-31-41-75(49-63(53-85-65(77)55(7)8)95-69(81)73-59-37-25-19-26-38-59)47-61(93-67(79)71-57-33-21-17-22-34-57)51-83-43-29-30-44-84-52-62(94-68(80)72-58-35-23-18-24-36-58)48-76(42-32-46-98(90-14-4,91-15-5)92-16-6)50-64(54-86-66(78)56(9)10)96-70(82)74-60-39-27-20-28-40-60/h17-28,33-40,61-64H,7,9,11-16,29-32,41-54H2,1-6,8,10H3,(H,71,79)(H,72,80)(H,73,81)(H,74,82). The van der Waals surface area contributed by atoms with Crippen LogP contribution in [0.2, 0.25) is 12.1 Å². The Bertz CT molecular complexity index is 2700. The number of rotatable bonds is 51. The monoisotopic (exact) mass is 1400 g/mol. The van der Waals surface area contributed by atoms with Gasteiger partial charge in [0.25, 0.3) is 0 Å². The van der Waals surface area contributed by atoms with Crippen molar-refractivity contribution < 1.29 is 93.2 Å². The lowest BCUT2D eigenvalue weighted by atomic mass is 10.2. The zero-order valence-electron chi connectivity index (χ0n) is 58.3. The maximum absolute atomic E-state index is 13.7. The van der Waals surface area contributed by atoms with Crippen molar-refractivity contribution in [3.05, 3.63) is 146 Å². The molecule has 4 rings (SSSR count). The summed E-state index contributed by atoms with van der Waals surface area (Å²) in [6.45, 7) is 24.3. The van der Waals surface area contributed by atoms with E-state index in [9.17, 15) is 28.8 Å². The number of nitrogens with one attached hydrogen (secondary N) is 4. The van der Waals surface area contributed by atoms with E-state index in [0.717, 1.165) is 0 Å². The molecule has 4 amide bonds. The fraction of sp³-hybridized carbons (Fsp3) is 0.514. The molecule has 542 valence electrons. The van der Waals surface area contributed by atoms with Crippen LogP contribution in [0.25, 0.3) is 0 Å². The molecule has 0 radical (unpaired) electrons. The van der Waals surface area contributed by atoms with E-state index in [-0.39, 0.29) is 77.0 Å². The second-order valence-corrected chi connectivity index (χ2v) is 27.8. The third-order valence-electron chi connectivity index (χ3n) is 14.1. The van der Waals surface area contributed by atoms with Gasteiger partial charge < -0.3 is 64.5 Å². The van der Waals surface area contributed by atoms with Crippen LogP contribution in [0.3, 0.4) is 0 Å². The number of nitrogens with zero attached hydrogens (tertiary/aromatic N) is 2. The van der Waals surface area contributed by atoms with Gasteiger partial charge in [0.2, 0.25) is 0 Å². The smallest absolute Gasteiger partial charge is 0.458 e. The van der Waals surface area contributed by atoms with Crippen molar-refractivity contribution in [1.29, 1.82) is 0 Å². The summed E-state index contributed by atoms with van der Waals surface area (Å²) in [6.07, 6.45) is -5.05. The molecule has 4 aromatic carbocycles. The molecule has 0 aliphatic carbocycles. The van der Waals surface area contributed by atoms with Crippen LogP contribution in [0.1, 0.15) is 81.1 Å². The zero-order valence-corrected chi connectivity index (χ0v) is 60.3. The third kappa shape index (κ3) is 34.8. The lowest BCUT2D eigenvalue weighted by Crippen LogP contribution is -2.48. The van der Waals surface area contributed by atoms with E-state index in [2.05, 4.69) is 34.4 Å². The van der Waals surface area contributed by atoms with E-state index < -0.39 is 78.3 Å². The topological polar surface area (TPSA) is 286 Å². The minimum atomic E-state index is -3.15. The fourth-order valence-corrected chi connectivity index (χ4v) is 15.1. The van der Waals surface area contributed by atoms with Gasteiger partial charge in [-0.3, -0.25) is 31.1 Å². The highest BCUT2D eigenvalue weighted by Crippen LogP contribution is 2.23. The quantitative estimate of drug-likeness (QED) is 0.0105. The van der Waals surface area contributed by atoms with Crippen LogP contribution in [0.5, 0.6) is 0 Å². The summed E-state index contributed by atoms with van der Waals surface area (Å²) in [5.41, 5.74) is 2.28. The number of para-hydroxylation sites is 4. The van der Waals surface area contributed by atoms with Crippen LogP contribution in [0, 0.1) is 0 Å². The average molecular weight is 1410 g/mol. The van der Waals surface area contributed by atoms with E-state index >= 15 is 0 Å². The third-order valence-corrected chi connectivity index (χ3v) is 20.4. The molecule has 0 aromatic heterocycles. The van der Waals surface area contributed by atoms with Crippen LogP contribution >= 0.6 is 0 Å². The molecular weight excluding hydrogens is 1300 g/mol. The Labute approximate surface area is 580 Å². The van der Waals surface area contributed by atoms with Crippen molar-refractivity contribution in [3.63, 3.8) is 0 Å². The van der Waals surface area contributed by atoms with Crippen molar-refractivity contribution in [2.45, 2.75) is 118 Å². The van der Waals surface area contributed by atoms with E-state index in [0.29, 0.717) is 113 Å². The predicted molar refractivity (Wildman–Crippen MR) is 377 cm³/mol. The normalized spacial score (nSPS) is 12.7. The number of unbranched alkanes of at least 4 members (excludes halogenated alkanes) is 1. The van der Waals surface area contributed by atoms with E-state index in [4.69, 9.17) is 64.5 Å². The second-order valence-electron chi connectivity index (χ2n) is 22.4. The Morgan fingerprint density at radius 2 is 0.622 bits per heavy atom. The first-order valence-corrected chi connectivity index (χ1v) is 37.4. The SMILES string of the molecule is C=C(C)C(=O)OCC(CN(CCC[Si](OCC)(OCC)OCC)CC(COCCCCOCC(CN(CCC[Si](OCC)(OCC)OCC)CC(COC(=O)C(=C)C)OC(=O)Nc1ccccc1)OC(=O)Nc1ccccc1)OC(=O)Nc1ccccc1)OC(=O)Nc1ccccc1. The highest BCUT2D eigenvalue weighted by atomic mass is 28.4. The van der Waals surface area contributed by atoms with E-state index in [1.54, 1.807) is 97.1 Å². The summed E-state index contributed by atoms with van der Waals surface area (Å²) >= 11 is 0. The number of anilines is 4. The molecular formula is C70H104N6O20Si2. The molecule has 4 N–H and O–H groups in total. The number of hydrogen-bond donors (Lipinski definition) is 4. The summed E-state index contributed by atoms with van der Waals surface area (Å²) in [7, 11) is -6.30. The number of esters is 2. The van der Waals surface area contributed by atoms with Gasteiger partial charge in [-0.2, -0.15) is 0 Å². The molecule has 0 heterocycles. The van der Waals surface area contributed by atoms with Gasteiger partial charge in [-0.15, -0.1) is 0 Å². The maximum Gasteiger partial charge on any atom is 0.500 e. The van der Waals surface area contributed by atoms with Gasteiger partial charge in [-0.25, -0.2) is 28.8 Å². The van der Waals surface area contributed by atoms with Gasteiger partial charge in [0.1, 0.15) is 25.4 Å². The Balaban J connectivity index is 1.59. The summed E-state index contributed by atoms with van der Waals surface area (Å²) in [4.78, 5) is 83.9. The molecule has 0 saturated heterocycles. The van der Waals surface area contributed by atoms with Gasteiger partial charge >= 0.3 is 53.9 Å². The molecule has 0 spiro atoms. The number of carbonyl (C=O) groups excluding carboxylic acids is 6. The minimum Gasteiger partial charge on any atom is -0.458 e. The van der Waals surface area contributed by atoms with Crippen LogP contribution in [0.15, 0.2) is 146 Å². The fourth-order valence-electron chi connectivity index (χ4n) is 9.91. The first-order chi connectivity index (χ1) is 47.3. The number of hydrogen-bond acceptors (Lipinski definition) is 22. The largest absolute Gasteiger partial charge is 0.500 e. The molecule has 0 aliphatic rings. The van der Waals surface area contributed by atoms with Crippen molar-refractivity contribution >= 4 is 76.7 Å². The molecule has 0 saturated carbocycles. The zero-order chi connectivity index (χ0) is 71.2. The molecule has 4 unspecified atom stereocenters. The highest BCUT2D eigenvalue weighted by molar-refractivity contribution is 6.61. The molecule has 28 heteroatoms. The van der Waals surface area contributed by atoms with Crippen molar-refractivity contribution in [1.82, 2.24) is 9.80 Å². The number of benzene rings is 4. The Kier molecular flexibility index (Phi) is 40.7. The van der Waals surface area contributed by atoms with Gasteiger partial charge in [0.05, 0.1) is 13.2 Å². The van der Waals surface area contributed by atoms with Gasteiger partial charge in [-0.1, -0.05) is 86.0 Å². The van der Waals surface area contributed by atoms with Gasteiger partial charge in [0, 0.05) is 125 Å². The molecule has 26 nitrogen and oxygen atoms in total. The van der Waals surface area contributed by atoms with E-state index in [1.807, 2.05) is 75.6 Å². The summed E-state index contributed by atoms with van der Waals surface area (Å²) in [5.74, 6) is -1.35. The second kappa shape index (κ2) is 48.2. The Morgan fingerprint density at radius 3 is 0.857 bits per heavy atom. The van der Waals surface area contributed by atoms with Gasteiger partial charge in [-0.05, 0) is 143 Å². The predicted octanol–water partition coefficient (Wildman–Crippen LogP) is 12.0. The lowest BCUT2D eigenvalue weighted by molar-refractivity contribution is -0.143. The van der Waals surface area contributed by atoms with Gasteiger partial charge in [0.15, 0.2) is 12.2 Å². The molecule has 4 atom stereocenters. The summed E-state index contributed by atoms with van der Waals surface area (Å²) in [5, 5.41) is 11.0. The van der Waals surface area contributed by atoms with E-state index in [1.165, 1.54) is 13.8 Å². The summed E-state index contributed by atoms with van der Waals surface area (Å²) in [6, 6.07) is 36.0. The van der Waals surface area contributed by atoms with Crippen molar-refractivity contribution in [2.24, 2.45) is 0 Å². The number of ether oxygens (including phenoxy) is 8. The van der Waals surface area contributed by atoms with Crippen LogP contribution in [-0.4, -0.2) is 207 Å². The first kappa shape index (κ1) is 82.8. The van der Waals surface area contributed by atoms with Crippen LogP contribution in [0.4, 0.5) is 41.9 Å². The van der Waals surface area contributed by atoms with Crippen LogP contribution in [-0.2, 0) is 74.0 Å². The first-order valence-electron chi connectivity index (χ1n) is 33.5. The molecule has 4 aromatic rings. The average Bonchev–Trinajstić information content (AvgIpc) is 0.957. The Morgan fingerprint density at radius 1 is 0.378 bits per heavy atom. The highest BCUT2D eigenvalue weighted by Gasteiger charge is 2.41. The summed E-state index contributed by atoms with van der Waals surface area (Å²) < 4.78 is 85.0. The van der Waals surface area contributed by atoms with Crippen LogP contribution < -0.4 is 21.3 Å². The molecule has 98 heavy (non-hydrogen) atoms. The maximum atomic E-state index is 13.7. The molecule has 0 aliphatic heterocycles. The minimum absolute atomic E-state index is 0.00911. The molecule has 0 fully saturated rings. The van der Waals surface area contributed by atoms with Crippen molar-refractivity contribution in [3.8, 4) is 0 Å². The van der Waals surface area contributed by atoms with Crippen molar-refractivity contribution in [2.75, 3.05) is 140 Å².